The summed E-state index contributed by atoms with van der Waals surface area (Å²) < 4.78 is 0. The van der Waals surface area contributed by atoms with Gasteiger partial charge in [0.15, 0.2) is 0 Å². The lowest BCUT2D eigenvalue weighted by Crippen LogP contribution is -2.36. The second-order valence-electron chi connectivity index (χ2n) is 4.67. The van der Waals surface area contributed by atoms with Gasteiger partial charge in [0.1, 0.15) is 0 Å². The first-order valence-electron chi connectivity index (χ1n) is 5.41. The minimum atomic E-state index is 0.381. The fourth-order valence-electron chi connectivity index (χ4n) is 2.66. The van der Waals surface area contributed by atoms with E-state index in [4.69, 9.17) is 5.21 Å². The van der Waals surface area contributed by atoms with Crippen LogP contribution in [0, 0.1) is 29.6 Å². The third kappa shape index (κ3) is 1.99. The van der Waals surface area contributed by atoms with Gasteiger partial charge in [-0.2, -0.15) is 0 Å². The summed E-state index contributed by atoms with van der Waals surface area (Å²) in [7, 11) is 0. The van der Waals surface area contributed by atoms with Crippen LogP contribution in [0.5, 0.6) is 0 Å². The number of hydrogen-bond acceptors (Lipinski definition) is 2. The number of nitrogens with zero attached hydrogens (tertiary/aromatic N) is 1. The van der Waals surface area contributed by atoms with Crippen LogP contribution in [0.1, 0.15) is 27.2 Å². The van der Waals surface area contributed by atoms with Gasteiger partial charge in [0.2, 0.25) is 0 Å². The minimum Gasteiger partial charge on any atom is -0.411 e. The Hall–Kier alpha value is -0.790. The summed E-state index contributed by atoms with van der Waals surface area (Å²) in [5.41, 5.74) is 0. The standard InChI is InChI=1S/C12H21NO/c1-5-11-6-8(2)9(3)12(7-13-14)10(11)4/h5,7-12,14H,1,6H2,2-4H3/b13-7+. The smallest absolute Gasteiger partial charge is 0.0472 e. The maximum absolute atomic E-state index is 8.64. The molecule has 0 amide bonds. The summed E-state index contributed by atoms with van der Waals surface area (Å²) in [6, 6.07) is 0. The first-order chi connectivity index (χ1) is 6.61. The first kappa shape index (κ1) is 11.3. The fraction of sp³-hybridized carbons (Fsp3) is 0.750. The molecule has 14 heavy (non-hydrogen) atoms. The topological polar surface area (TPSA) is 32.6 Å². The molecule has 1 aliphatic rings. The lowest BCUT2D eigenvalue weighted by atomic mass is 9.64. The van der Waals surface area contributed by atoms with Crippen molar-refractivity contribution in [1.82, 2.24) is 0 Å². The summed E-state index contributed by atoms with van der Waals surface area (Å²) in [6.07, 6.45) is 4.95. The third-order valence-electron chi connectivity index (χ3n) is 3.97. The second kappa shape index (κ2) is 4.63. The molecule has 1 rings (SSSR count). The summed E-state index contributed by atoms with van der Waals surface area (Å²) in [5.74, 6) is 2.75. The Morgan fingerprint density at radius 3 is 2.43 bits per heavy atom. The lowest BCUT2D eigenvalue weighted by molar-refractivity contribution is 0.131. The summed E-state index contributed by atoms with van der Waals surface area (Å²) in [4.78, 5) is 0. The molecule has 5 unspecified atom stereocenters. The van der Waals surface area contributed by atoms with Crippen molar-refractivity contribution in [2.75, 3.05) is 0 Å². The molecule has 2 nitrogen and oxygen atoms in total. The van der Waals surface area contributed by atoms with Gasteiger partial charge in [-0.3, -0.25) is 0 Å². The van der Waals surface area contributed by atoms with Crippen LogP contribution < -0.4 is 0 Å². The van der Waals surface area contributed by atoms with Gasteiger partial charge in [0, 0.05) is 12.1 Å². The quantitative estimate of drug-likeness (QED) is 0.312. The van der Waals surface area contributed by atoms with Crippen molar-refractivity contribution < 1.29 is 5.21 Å². The molecule has 0 aromatic rings. The van der Waals surface area contributed by atoms with E-state index in [1.54, 1.807) is 6.21 Å². The van der Waals surface area contributed by atoms with Crippen LogP contribution in [0.2, 0.25) is 0 Å². The fourth-order valence-corrected chi connectivity index (χ4v) is 2.66. The Kier molecular flexibility index (Phi) is 3.73. The molecule has 0 saturated heterocycles. The molecule has 1 fully saturated rings. The largest absolute Gasteiger partial charge is 0.411 e. The predicted molar refractivity (Wildman–Crippen MR) is 59.6 cm³/mol. The van der Waals surface area contributed by atoms with Gasteiger partial charge >= 0.3 is 0 Å². The molecule has 0 aromatic carbocycles. The molecule has 0 bridgehead atoms. The van der Waals surface area contributed by atoms with Crippen molar-refractivity contribution >= 4 is 6.21 Å². The number of rotatable bonds is 2. The molecule has 2 heteroatoms. The van der Waals surface area contributed by atoms with E-state index in [9.17, 15) is 0 Å². The maximum atomic E-state index is 8.64. The molecule has 1 aliphatic carbocycles. The van der Waals surface area contributed by atoms with Gasteiger partial charge < -0.3 is 5.21 Å². The van der Waals surface area contributed by atoms with Gasteiger partial charge in [0.05, 0.1) is 0 Å². The van der Waals surface area contributed by atoms with Crippen molar-refractivity contribution in [1.29, 1.82) is 0 Å². The van der Waals surface area contributed by atoms with Gasteiger partial charge in [-0.1, -0.05) is 26.8 Å². The molecule has 0 aromatic heterocycles. The number of hydrogen-bond donors (Lipinski definition) is 1. The average molecular weight is 195 g/mol. The van der Waals surface area contributed by atoms with E-state index in [0.717, 1.165) is 0 Å². The Morgan fingerprint density at radius 1 is 1.29 bits per heavy atom. The van der Waals surface area contributed by atoms with E-state index in [2.05, 4.69) is 32.5 Å². The van der Waals surface area contributed by atoms with E-state index < -0.39 is 0 Å². The summed E-state index contributed by atoms with van der Waals surface area (Å²) in [5, 5.41) is 11.8. The van der Waals surface area contributed by atoms with E-state index in [-0.39, 0.29) is 0 Å². The molecule has 5 atom stereocenters. The van der Waals surface area contributed by atoms with Crippen molar-refractivity contribution in [3.05, 3.63) is 12.7 Å². The van der Waals surface area contributed by atoms with Gasteiger partial charge in [-0.25, -0.2) is 0 Å². The van der Waals surface area contributed by atoms with Crippen LogP contribution in [0.3, 0.4) is 0 Å². The first-order valence-corrected chi connectivity index (χ1v) is 5.41. The normalized spacial score (nSPS) is 44.1. The second-order valence-corrected chi connectivity index (χ2v) is 4.67. The zero-order valence-corrected chi connectivity index (χ0v) is 9.35. The third-order valence-corrected chi connectivity index (χ3v) is 3.97. The van der Waals surface area contributed by atoms with Crippen LogP contribution in [0.25, 0.3) is 0 Å². The van der Waals surface area contributed by atoms with Crippen LogP contribution >= 0.6 is 0 Å². The van der Waals surface area contributed by atoms with Crippen molar-refractivity contribution in [3.63, 3.8) is 0 Å². The van der Waals surface area contributed by atoms with Gasteiger partial charge in [-0.05, 0) is 30.1 Å². The van der Waals surface area contributed by atoms with Crippen molar-refractivity contribution in [2.24, 2.45) is 34.7 Å². The van der Waals surface area contributed by atoms with Crippen LogP contribution in [0.4, 0.5) is 0 Å². The summed E-state index contributed by atoms with van der Waals surface area (Å²) >= 11 is 0. The van der Waals surface area contributed by atoms with E-state index in [1.807, 2.05) is 6.08 Å². The van der Waals surface area contributed by atoms with Crippen molar-refractivity contribution in [3.8, 4) is 0 Å². The molecule has 1 saturated carbocycles. The van der Waals surface area contributed by atoms with Gasteiger partial charge in [0.25, 0.3) is 0 Å². The van der Waals surface area contributed by atoms with Crippen LogP contribution in [-0.4, -0.2) is 11.4 Å². The molecular formula is C12H21NO. The van der Waals surface area contributed by atoms with E-state index in [0.29, 0.717) is 29.6 Å². The molecule has 0 radical (unpaired) electrons. The maximum Gasteiger partial charge on any atom is 0.0472 e. The number of allylic oxidation sites excluding steroid dienone is 1. The summed E-state index contributed by atoms with van der Waals surface area (Å²) in [6.45, 7) is 10.6. The Bertz CT molecular complexity index is 224. The Labute approximate surface area is 86.7 Å². The Balaban J connectivity index is 2.82. The van der Waals surface area contributed by atoms with E-state index >= 15 is 0 Å². The Morgan fingerprint density at radius 2 is 1.93 bits per heavy atom. The average Bonchev–Trinajstić information content (AvgIpc) is 2.18. The highest BCUT2D eigenvalue weighted by Gasteiger charge is 2.36. The monoisotopic (exact) mass is 195 g/mol. The SMILES string of the molecule is C=CC1CC(C)C(C)C(/C=N/O)C1C. The van der Waals surface area contributed by atoms with Crippen molar-refractivity contribution in [2.45, 2.75) is 27.2 Å². The molecule has 0 aliphatic heterocycles. The van der Waals surface area contributed by atoms with Crippen LogP contribution in [-0.2, 0) is 0 Å². The van der Waals surface area contributed by atoms with E-state index in [1.165, 1.54) is 6.42 Å². The molecule has 0 spiro atoms. The zero-order chi connectivity index (χ0) is 10.7. The zero-order valence-electron chi connectivity index (χ0n) is 9.35. The minimum absolute atomic E-state index is 0.381. The highest BCUT2D eigenvalue weighted by molar-refractivity contribution is 5.61. The molecule has 80 valence electrons. The van der Waals surface area contributed by atoms with Crippen LogP contribution in [0.15, 0.2) is 17.8 Å². The van der Waals surface area contributed by atoms with Gasteiger partial charge in [-0.15, -0.1) is 11.7 Å². The predicted octanol–water partition coefficient (Wildman–Crippen LogP) is 3.18. The molecular weight excluding hydrogens is 174 g/mol. The highest BCUT2D eigenvalue weighted by atomic mass is 16.4. The molecule has 1 N–H and O–H groups in total. The molecule has 0 heterocycles. The number of oxime groups is 1. The lowest BCUT2D eigenvalue weighted by Gasteiger charge is -2.41. The highest BCUT2D eigenvalue weighted by Crippen LogP contribution is 2.41.